The van der Waals surface area contributed by atoms with E-state index < -0.39 is 7.82 Å². The number of phosphoric ester groups is 1. The van der Waals surface area contributed by atoms with Crippen molar-refractivity contribution in [2.45, 2.75) is 116 Å². The molecule has 0 aliphatic rings. The number of nitrogens with zero attached hydrogens (tertiary/aromatic N) is 1. The van der Waals surface area contributed by atoms with Crippen molar-refractivity contribution in [1.82, 2.24) is 0 Å². The predicted molar refractivity (Wildman–Crippen MR) is 135 cm³/mol. The minimum absolute atomic E-state index is 0.0766. The summed E-state index contributed by atoms with van der Waals surface area (Å²) in [5.41, 5.74) is 0. The molecule has 0 rings (SSSR count). The molecule has 1 N–H and O–H groups in total. The summed E-state index contributed by atoms with van der Waals surface area (Å²) in [5.74, 6) is 0. The van der Waals surface area contributed by atoms with Gasteiger partial charge in [0.1, 0.15) is 13.2 Å². The van der Waals surface area contributed by atoms with Gasteiger partial charge in [-0.25, -0.2) is 4.57 Å². The highest BCUT2D eigenvalue weighted by Crippen LogP contribution is 2.42. The van der Waals surface area contributed by atoms with Gasteiger partial charge >= 0.3 is 7.82 Å². The fourth-order valence-electron chi connectivity index (χ4n) is 3.63. The maximum absolute atomic E-state index is 11.9. The smallest absolute Gasteiger partial charge is 0.376 e. The Morgan fingerprint density at radius 3 is 1.66 bits per heavy atom. The van der Waals surface area contributed by atoms with E-state index in [1.165, 1.54) is 83.5 Å². The molecule has 0 bridgehead atoms. The molecule has 0 radical (unpaired) electrons. The Hall–Kier alpha value is 0.0300. The molecule has 0 saturated heterocycles. The zero-order valence-electron chi connectivity index (χ0n) is 22.0. The number of unbranched alkanes of at least 4 members (excludes halogenated alkanes) is 12. The van der Waals surface area contributed by atoms with Crippen LogP contribution in [0, 0.1) is 0 Å². The maximum Gasteiger partial charge on any atom is 0.472 e. The number of ether oxygens (including phenoxy) is 1. The first kappa shape index (κ1) is 32.0. The third-order valence-electron chi connectivity index (χ3n) is 5.79. The Morgan fingerprint density at radius 2 is 1.19 bits per heavy atom. The highest BCUT2D eigenvalue weighted by molar-refractivity contribution is 7.47. The zero-order chi connectivity index (χ0) is 24.1. The van der Waals surface area contributed by atoms with Crippen molar-refractivity contribution in [2.75, 3.05) is 47.5 Å². The van der Waals surface area contributed by atoms with Crippen LogP contribution in [0.4, 0.5) is 0 Å². The Bertz CT molecular complexity index is 456. The molecule has 2 unspecified atom stereocenters. The number of rotatable bonds is 24. The largest absolute Gasteiger partial charge is 0.472 e. The Balaban J connectivity index is 3.57. The zero-order valence-corrected chi connectivity index (χ0v) is 22.9. The third kappa shape index (κ3) is 23.2. The fraction of sp³-hybridized carbons (Fsp3) is 1.00. The third-order valence-corrected chi connectivity index (χ3v) is 6.81. The second kappa shape index (κ2) is 20.4. The molecule has 0 aromatic carbocycles. The molecule has 32 heavy (non-hydrogen) atoms. The summed E-state index contributed by atoms with van der Waals surface area (Å²) in [6.07, 6.45) is 19.9. The van der Waals surface area contributed by atoms with Crippen LogP contribution in [0.25, 0.3) is 0 Å². The van der Waals surface area contributed by atoms with Gasteiger partial charge in [0.15, 0.2) is 0 Å². The first-order valence-electron chi connectivity index (χ1n) is 13.2. The van der Waals surface area contributed by atoms with E-state index in [2.05, 4.69) is 13.8 Å². The van der Waals surface area contributed by atoms with E-state index in [9.17, 15) is 9.46 Å². The monoisotopic (exact) mass is 480 g/mol. The summed E-state index contributed by atoms with van der Waals surface area (Å²) in [5, 5.41) is 0. The SMILES string of the molecule is CCCCCCCCCCCCCCCC(CC)OCCOP(=O)(O)OCC[N+](C)(C)C. The van der Waals surface area contributed by atoms with Gasteiger partial charge in [-0.05, 0) is 12.8 Å². The van der Waals surface area contributed by atoms with Crippen LogP contribution in [-0.4, -0.2) is 63.0 Å². The van der Waals surface area contributed by atoms with Crippen molar-refractivity contribution < 1.29 is 27.7 Å². The average Bonchev–Trinajstić information content (AvgIpc) is 2.71. The van der Waals surface area contributed by atoms with Crippen molar-refractivity contribution in [2.24, 2.45) is 0 Å². The second-order valence-corrected chi connectivity index (χ2v) is 11.5. The van der Waals surface area contributed by atoms with Crippen LogP contribution < -0.4 is 0 Å². The number of likely N-dealkylation sites (N-methyl/N-ethyl adjacent to an activating group) is 1. The van der Waals surface area contributed by atoms with Crippen LogP contribution >= 0.6 is 7.82 Å². The molecule has 0 fully saturated rings. The molecule has 0 aliphatic heterocycles. The maximum atomic E-state index is 11.9. The number of phosphoric acid groups is 1. The first-order chi connectivity index (χ1) is 15.2. The van der Waals surface area contributed by atoms with Crippen molar-refractivity contribution in [1.29, 1.82) is 0 Å². The summed E-state index contributed by atoms with van der Waals surface area (Å²) >= 11 is 0. The van der Waals surface area contributed by atoms with Gasteiger partial charge in [-0.3, -0.25) is 9.05 Å². The molecular weight excluding hydrogens is 425 g/mol. The molecule has 7 heteroatoms. The Morgan fingerprint density at radius 1 is 0.719 bits per heavy atom. The molecule has 0 aromatic rings. The lowest BCUT2D eigenvalue weighted by atomic mass is 10.0. The first-order valence-corrected chi connectivity index (χ1v) is 14.7. The van der Waals surface area contributed by atoms with Crippen LogP contribution in [0.2, 0.25) is 0 Å². The summed E-state index contributed by atoms with van der Waals surface area (Å²) < 4.78 is 28.4. The van der Waals surface area contributed by atoms with E-state index >= 15 is 0 Å². The fourth-order valence-corrected chi connectivity index (χ4v) is 4.32. The molecule has 6 nitrogen and oxygen atoms in total. The quantitative estimate of drug-likeness (QED) is 0.0906. The van der Waals surface area contributed by atoms with Crippen molar-refractivity contribution in [3.8, 4) is 0 Å². The van der Waals surface area contributed by atoms with E-state index in [0.29, 0.717) is 17.6 Å². The van der Waals surface area contributed by atoms with E-state index in [1.54, 1.807) is 0 Å². The lowest BCUT2D eigenvalue weighted by Crippen LogP contribution is -2.37. The van der Waals surface area contributed by atoms with Gasteiger partial charge in [0.2, 0.25) is 0 Å². The van der Waals surface area contributed by atoms with Gasteiger partial charge in [0.05, 0.1) is 40.5 Å². The lowest BCUT2D eigenvalue weighted by Gasteiger charge is -2.24. The van der Waals surface area contributed by atoms with E-state index in [-0.39, 0.29) is 19.3 Å². The molecule has 0 saturated carbocycles. The van der Waals surface area contributed by atoms with E-state index in [4.69, 9.17) is 13.8 Å². The van der Waals surface area contributed by atoms with Gasteiger partial charge < -0.3 is 14.1 Å². The molecule has 2 atom stereocenters. The minimum Gasteiger partial charge on any atom is -0.376 e. The van der Waals surface area contributed by atoms with Crippen LogP contribution in [-0.2, 0) is 18.3 Å². The summed E-state index contributed by atoms with van der Waals surface area (Å²) in [6.45, 7) is 5.62. The number of hydrogen-bond acceptors (Lipinski definition) is 4. The summed E-state index contributed by atoms with van der Waals surface area (Å²) in [7, 11) is 2.02. The van der Waals surface area contributed by atoms with Crippen LogP contribution in [0.15, 0.2) is 0 Å². The average molecular weight is 481 g/mol. The van der Waals surface area contributed by atoms with Crippen LogP contribution in [0.5, 0.6) is 0 Å². The van der Waals surface area contributed by atoms with Gasteiger partial charge in [-0.1, -0.05) is 97.3 Å². The molecular formula is C25H55NO5P+. The van der Waals surface area contributed by atoms with Gasteiger partial charge in [0, 0.05) is 0 Å². The molecule has 0 aliphatic carbocycles. The van der Waals surface area contributed by atoms with Crippen LogP contribution in [0.3, 0.4) is 0 Å². The second-order valence-electron chi connectivity index (χ2n) is 10.1. The van der Waals surface area contributed by atoms with Gasteiger partial charge in [0.25, 0.3) is 0 Å². The topological polar surface area (TPSA) is 65.0 Å². The molecule has 0 aromatic heterocycles. The Kier molecular flexibility index (Phi) is 20.4. The van der Waals surface area contributed by atoms with Crippen molar-refractivity contribution in [3.05, 3.63) is 0 Å². The predicted octanol–water partition coefficient (Wildman–Crippen LogP) is 7.10. The number of hydrogen-bond donors (Lipinski definition) is 1. The Labute approximate surface area is 199 Å². The van der Waals surface area contributed by atoms with E-state index in [0.717, 1.165) is 12.8 Å². The van der Waals surface area contributed by atoms with Crippen LogP contribution in [0.1, 0.15) is 110 Å². The summed E-state index contributed by atoms with van der Waals surface area (Å²) in [6, 6.07) is 0. The van der Waals surface area contributed by atoms with Gasteiger partial charge in [-0.15, -0.1) is 0 Å². The number of quaternary nitrogens is 1. The molecule has 0 spiro atoms. The van der Waals surface area contributed by atoms with Crippen molar-refractivity contribution in [3.63, 3.8) is 0 Å². The highest BCUT2D eigenvalue weighted by atomic mass is 31.2. The normalized spacial score (nSPS) is 15.1. The van der Waals surface area contributed by atoms with Gasteiger partial charge in [-0.2, -0.15) is 0 Å². The molecule has 194 valence electrons. The minimum atomic E-state index is -3.99. The molecule has 0 amide bonds. The van der Waals surface area contributed by atoms with E-state index in [1.807, 2.05) is 21.1 Å². The highest BCUT2D eigenvalue weighted by Gasteiger charge is 2.22. The molecule has 0 heterocycles. The summed E-state index contributed by atoms with van der Waals surface area (Å²) in [4.78, 5) is 9.72. The lowest BCUT2D eigenvalue weighted by molar-refractivity contribution is -0.870. The standard InChI is InChI=1S/C25H54NO5P/c1-6-8-9-10-11-12-13-14-15-16-17-18-19-20-25(7-2)29-23-24-31-32(27,28)30-22-21-26(3,4)5/h25H,6-24H2,1-5H3/p+1. The van der Waals surface area contributed by atoms with Crippen molar-refractivity contribution >= 4 is 7.82 Å².